The second-order valence-electron chi connectivity index (χ2n) is 7.72. The maximum Gasteiger partial charge on any atom is 0.123 e. The van der Waals surface area contributed by atoms with Gasteiger partial charge in [0.2, 0.25) is 0 Å². The Kier molecular flexibility index (Phi) is 8.96. The van der Waals surface area contributed by atoms with E-state index in [0.717, 1.165) is 42.4 Å². The topological polar surface area (TPSA) is 0 Å². The van der Waals surface area contributed by atoms with Crippen molar-refractivity contribution in [2.75, 3.05) is 0 Å². The average Bonchev–Trinajstić information content (AvgIpc) is 2.67. The Morgan fingerprint density at radius 1 is 1.26 bits per heavy atom. The fraction of sp³-hybridized carbons (Fsp3) is 0.462. The standard InChI is InChI=1S/C26H37F/c1-9-13-19(5)21(7)26(8,12-4)20(6)16-22(10-2)17-24-14-15-25(27)18-23(24)11-3/h12-15,17-18,20H,4,7,9-11,16H2,1-3,5-6,8H3/b19-13-,22-17-/t20?,26-/m1/s1. The van der Waals surface area contributed by atoms with Gasteiger partial charge in [-0.05, 0) is 67.4 Å². The maximum atomic E-state index is 13.5. The van der Waals surface area contributed by atoms with Gasteiger partial charge in [-0.25, -0.2) is 4.39 Å². The summed E-state index contributed by atoms with van der Waals surface area (Å²) in [5.74, 6) is 0.212. The Morgan fingerprint density at radius 2 is 1.93 bits per heavy atom. The van der Waals surface area contributed by atoms with Crippen molar-refractivity contribution in [2.45, 2.75) is 67.2 Å². The van der Waals surface area contributed by atoms with Crippen molar-refractivity contribution in [3.8, 4) is 0 Å². The van der Waals surface area contributed by atoms with Gasteiger partial charge in [0.1, 0.15) is 5.82 Å². The van der Waals surface area contributed by atoms with Crippen LogP contribution < -0.4 is 0 Å². The van der Waals surface area contributed by atoms with Crippen molar-refractivity contribution in [1.82, 2.24) is 0 Å². The van der Waals surface area contributed by atoms with Crippen molar-refractivity contribution >= 4 is 6.08 Å². The predicted octanol–water partition coefficient (Wildman–Crippen LogP) is 8.31. The van der Waals surface area contributed by atoms with E-state index in [-0.39, 0.29) is 11.2 Å². The minimum Gasteiger partial charge on any atom is -0.207 e. The van der Waals surface area contributed by atoms with Crippen LogP contribution in [0.1, 0.15) is 71.9 Å². The Hall–Kier alpha value is -1.89. The molecule has 2 atom stereocenters. The van der Waals surface area contributed by atoms with Gasteiger partial charge in [-0.2, -0.15) is 0 Å². The molecule has 0 aliphatic carbocycles. The number of hydrogen-bond acceptors (Lipinski definition) is 0. The third-order valence-corrected chi connectivity index (χ3v) is 5.95. The van der Waals surface area contributed by atoms with E-state index >= 15 is 0 Å². The second kappa shape index (κ2) is 10.4. The number of allylic oxidation sites excluding steroid dienone is 5. The van der Waals surface area contributed by atoms with Crippen LogP contribution >= 0.6 is 0 Å². The Bertz CT molecular complexity index is 720. The monoisotopic (exact) mass is 368 g/mol. The van der Waals surface area contributed by atoms with Crippen molar-refractivity contribution in [3.63, 3.8) is 0 Å². The number of hydrogen-bond donors (Lipinski definition) is 0. The lowest BCUT2D eigenvalue weighted by molar-refractivity contribution is 0.332. The molecule has 27 heavy (non-hydrogen) atoms. The van der Waals surface area contributed by atoms with Crippen LogP contribution in [-0.4, -0.2) is 0 Å². The molecule has 1 aromatic rings. The lowest BCUT2D eigenvalue weighted by Crippen LogP contribution is -2.26. The van der Waals surface area contributed by atoms with Crippen LogP contribution in [0.5, 0.6) is 0 Å². The molecule has 0 spiro atoms. The van der Waals surface area contributed by atoms with Gasteiger partial charge in [0, 0.05) is 5.41 Å². The predicted molar refractivity (Wildman–Crippen MR) is 119 cm³/mol. The fourth-order valence-corrected chi connectivity index (χ4v) is 3.63. The van der Waals surface area contributed by atoms with Gasteiger partial charge in [-0.1, -0.05) is 76.6 Å². The number of halogens is 1. The first kappa shape index (κ1) is 23.1. The summed E-state index contributed by atoms with van der Waals surface area (Å²) in [6, 6.07) is 5.10. The van der Waals surface area contributed by atoms with Crippen molar-refractivity contribution < 1.29 is 4.39 Å². The second-order valence-corrected chi connectivity index (χ2v) is 7.72. The van der Waals surface area contributed by atoms with Crippen LogP contribution in [0.2, 0.25) is 0 Å². The summed E-state index contributed by atoms with van der Waals surface area (Å²) in [5, 5.41) is 0. The van der Waals surface area contributed by atoms with E-state index in [1.807, 2.05) is 6.07 Å². The number of benzene rings is 1. The zero-order chi connectivity index (χ0) is 20.6. The summed E-state index contributed by atoms with van der Waals surface area (Å²) in [6.45, 7) is 21.6. The zero-order valence-corrected chi connectivity index (χ0v) is 18.2. The molecule has 0 N–H and O–H groups in total. The molecule has 0 aromatic heterocycles. The molecule has 1 unspecified atom stereocenters. The van der Waals surface area contributed by atoms with Gasteiger partial charge in [0.25, 0.3) is 0 Å². The van der Waals surface area contributed by atoms with Crippen LogP contribution in [-0.2, 0) is 6.42 Å². The summed E-state index contributed by atoms with van der Waals surface area (Å²) >= 11 is 0. The largest absolute Gasteiger partial charge is 0.207 e. The number of rotatable bonds is 10. The van der Waals surface area contributed by atoms with Gasteiger partial charge < -0.3 is 0 Å². The van der Waals surface area contributed by atoms with Crippen LogP contribution in [0.4, 0.5) is 4.39 Å². The molecule has 0 aliphatic heterocycles. The van der Waals surface area contributed by atoms with Gasteiger partial charge in [0.05, 0.1) is 0 Å². The smallest absolute Gasteiger partial charge is 0.123 e. The molecule has 0 nitrogen and oxygen atoms in total. The van der Waals surface area contributed by atoms with Gasteiger partial charge in [-0.15, -0.1) is 6.58 Å². The van der Waals surface area contributed by atoms with Crippen molar-refractivity contribution in [3.05, 3.63) is 77.2 Å². The molecule has 0 aliphatic rings. The van der Waals surface area contributed by atoms with E-state index in [0.29, 0.717) is 5.92 Å². The van der Waals surface area contributed by atoms with Gasteiger partial charge >= 0.3 is 0 Å². The maximum absolute atomic E-state index is 13.5. The molecule has 148 valence electrons. The van der Waals surface area contributed by atoms with E-state index in [2.05, 4.69) is 72.9 Å². The quantitative estimate of drug-likeness (QED) is 0.288. The third kappa shape index (κ3) is 5.79. The first-order chi connectivity index (χ1) is 12.7. The normalized spacial score (nSPS) is 16.0. The van der Waals surface area contributed by atoms with Crippen molar-refractivity contribution in [2.24, 2.45) is 11.3 Å². The Balaban J connectivity index is 3.16. The SMILES string of the molecule is C=C[C@@](C)(C(=C)/C(C)=C\CC)C(C)C/C(=C\c1ccc(F)cc1CC)CC. The number of aryl methyl sites for hydroxylation is 1. The summed E-state index contributed by atoms with van der Waals surface area (Å²) in [6.07, 6.45) is 10.3. The minimum atomic E-state index is -0.163. The average molecular weight is 369 g/mol. The summed E-state index contributed by atoms with van der Waals surface area (Å²) in [5.41, 5.74) is 5.82. The molecule has 1 heteroatoms. The van der Waals surface area contributed by atoms with Crippen molar-refractivity contribution in [1.29, 1.82) is 0 Å². The molecule has 0 bridgehead atoms. The molecule has 0 radical (unpaired) electrons. The molecule has 1 rings (SSSR count). The molecule has 0 amide bonds. The lowest BCUT2D eigenvalue weighted by atomic mass is 9.68. The third-order valence-electron chi connectivity index (χ3n) is 5.95. The first-order valence-electron chi connectivity index (χ1n) is 10.2. The van der Waals surface area contributed by atoms with E-state index in [1.54, 1.807) is 12.1 Å². The highest BCUT2D eigenvalue weighted by Gasteiger charge is 2.31. The summed E-state index contributed by atoms with van der Waals surface area (Å²) in [7, 11) is 0. The molecule has 1 aromatic carbocycles. The van der Waals surface area contributed by atoms with E-state index in [1.165, 1.54) is 11.1 Å². The van der Waals surface area contributed by atoms with Gasteiger partial charge in [-0.3, -0.25) is 0 Å². The van der Waals surface area contributed by atoms with E-state index in [9.17, 15) is 4.39 Å². The van der Waals surface area contributed by atoms with E-state index < -0.39 is 0 Å². The first-order valence-corrected chi connectivity index (χ1v) is 10.2. The Morgan fingerprint density at radius 3 is 2.44 bits per heavy atom. The van der Waals surface area contributed by atoms with E-state index in [4.69, 9.17) is 0 Å². The highest BCUT2D eigenvalue weighted by atomic mass is 19.1. The van der Waals surface area contributed by atoms with Crippen LogP contribution in [0.3, 0.4) is 0 Å². The van der Waals surface area contributed by atoms with Crippen LogP contribution in [0, 0.1) is 17.2 Å². The van der Waals surface area contributed by atoms with Gasteiger partial charge in [0.15, 0.2) is 0 Å². The summed E-state index contributed by atoms with van der Waals surface area (Å²) < 4.78 is 13.5. The molecule has 0 saturated heterocycles. The zero-order valence-electron chi connectivity index (χ0n) is 18.2. The molecule has 0 fully saturated rings. The minimum absolute atomic E-state index is 0.152. The molecule has 0 saturated carbocycles. The molecular formula is C26H37F. The Labute approximate surface area is 166 Å². The summed E-state index contributed by atoms with van der Waals surface area (Å²) in [4.78, 5) is 0. The lowest BCUT2D eigenvalue weighted by Gasteiger charge is -2.36. The molecule has 0 heterocycles. The highest BCUT2D eigenvalue weighted by molar-refractivity contribution is 5.57. The highest BCUT2D eigenvalue weighted by Crippen LogP contribution is 2.42. The van der Waals surface area contributed by atoms with Crippen LogP contribution in [0.15, 0.2) is 60.2 Å². The van der Waals surface area contributed by atoms with Crippen LogP contribution in [0.25, 0.3) is 6.08 Å². The fourth-order valence-electron chi connectivity index (χ4n) is 3.63. The molecular weight excluding hydrogens is 331 g/mol.